The standard InChI is InChI=1S/C10H6ClN3O/c1-3-6-8-7(4-12-9(6)11)13-5(2)14-10(8)15/h1,4H,2H3,(H,13,14,15). The summed E-state index contributed by atoms with van der Waals surface area (Å²) in [7, 11) is 0. The number of pyridine rings is 1. The van der Waals surface area contributed by atoms with E-state index in [2.05, 4.69) is 20.9 Å². The van der Waals surface area contributed by atoms with E-state index < -0.39 is 0 Å². The normalized spacial score (nSPS) is 10.2. The molecule has 1 N–H and O–H groups in total. The monoisotopic (exact) mass is 219 g/mol. The van der Waals surface area contributed by atoms with Crippen LogP contribution in [0.1, 0.15) is 11.4 Å². The van der Waals surface area contributed by atoms with Crippen molar-refractivity contribution in [3.63, 3.8) is 0 Å². The van der Waals surface area contributed by atoms with Crippen molar-refractivity contribution >= 4 is 22.5 Å². The van der Waals surface area contributed by atoms with Gasteiger partial charge in [0.2, 0.25) is 0 Å². The number of fused-ring (bicyclic) bond motifs is 1. The third-order valence-corrected chi connectivity index (χ3v) is 2.25. The van der Waals surface area contributed by atoms with Gasteiger partial charge in [0.15, 0.2) is 0 Å². The van der Waals surface area contributed by atoms with E-state index in [0.29, 0.717) is 16.7 Å². The molecule has 0 bridgehead atoms. The number of aryl methyl sites for hydroxylation is 1. The van der Waals surface area contributed by atoms with Crippen LogP contribution in [0.15, 0.2) is 11.0 Å². The van der Waals surface area contributed by atoms with Gasteiger partial charge in [-0.1, -0.05) is 17.5 Å². The van der Waals surface area contributed by atoms with Gasteiger partial charge in [-0.15, -0.1) is 6.42 Å². The van der Waals surface area contributed by atoms with E-state index in [-0.39, 0.29) is 16.3 Å². The number of aromatic nitrogens is 3. The summed E-state index contributed by atoms with van der Waals surface area (Å²) < 4.78 is 0. The van der Waals surface area contributed by atoms with Crippen LogP contribution in [0.2, 0.25) is 5.15 Å². The Balaban J connectivity index is 3.07. The first kappa shape index (κ1) is 9.69. The minimum absolute atomic E-state index is 0.140. The fraction of sp³-hybridized carbons (Fsp3) is 0.100. The molecule has 0 aliphatic heterocycles. The Morgan fingerprint density at radius 1 is 1.60 bits per heavy atom. The molecule has 74 valence electrons. The molecule has 2 rings (SSSR count). The molecule has 0 atom stereocenters. The highest BCUT2D eigenvalue weighted by Gasteiger charge is 2.10. The summed E-state index contributed by atoms with van der Waals surface area (Å²) in [6.45, 7) is 1.69. The maximum Gasteiger partial charge on any atom is 0.260 e. The SMILES string of the molecule is C#Cc1c(Cl)ncc2nc(C)[nH]c(=O)c12. The summed E-state index contributed by atoms with van der Waals surface area (Å²) >= 11 is 5.78. The van der Waals surface area contributed by atoms with Crippen molar-refractivity contribution < 1.29 is 0 Å². The number of hydrogen-bond donors (Lipinski definition) is 1. The lowest BCUT2D eigenvalue weighted by molar-refractivity contribution is 1.05. The molecule has 0 aromatic carbocycles. The van der Waals surface area contributed by atoms with Crippen molar-refractivity contribution in [1.29, 1.82) is 0 Å². The zero-order valence-corrected chi connectivity index (χ0v) is 8.59. The molecule has 2 heterocycles. The van der Waals surface area contributed by atoms with Crippen molar-refractivity contribution in [2.24, 2.45) is 0 Å². The average Bonchev–Trinajstić information content (AvgIpc) is 2.18. The van der Waals surface area contributed by atoms with Crippen LogP contribution >= 0.6 is 11.6 Å². The molecule has 2 aromatic heterocycles. The second kappa shape index (κ2) is 3.37. The van der Waals surface area contributed by atoms with Gasteiger partial charge >= 0.3 is 0 Å². The Bertz CT molecular complexity index is 639. The topological polar surface area (TPSA) is 58.6 Å². The number of terminal acetylenes is 1. The fourth-order valence-corrected chi connectivity index (χ4v) is 1.56. The summed E-state index contributed by atoms with van der Waals surface area (Å²) in [5.41, 5.74) is 0.436. The zero-order chi connectivity index (χ0) is 11.0. The van der Waals surface area contributed by atoms with Crippen LogP contribution in [0.3, 0.4) is 0 Å². The van der Waals surface area contributed by atoms with Crippen molar-refractivity contribution in [3.8, 4) is 12.3 Å². The number of aromatic amines is 1. The molecule has 2 aromatic rings. The van der Waals surface area contributed by atoms with Gasteiger partial charge in [-0.2, -0.15) is 0 Å². The van der Waals surface area contributed by atoms with Crippen LogP contribution < -0.4 is 5.56 Å². The maximum atomic E-state index is 11.7. The first-order valence-corrected chi connectivity index (χ1v) is 4.53. The highest BCUT2D eigenvalue weighted by Crippen LogP contribution is 2.18. The second-order valence-electron chi connectivity index (χ2n) is 2.98. The molecule has 0 amide bonds. The average molecular weight is 220 g/mol. The van der Waals surface area contributed by atoms with Gasteiger partial charge in [0, 0.05) is 0 Å². The smallest absolute Gasteiger partial charge is 0.260 e. The van der Waals surface area contributed by atoms with E-state index in [1.807, 2.05) is 0 Å². The largest absolute Gasteiger partial charge is 0.310 e. The Hall–Kier alpha value is -1.86. The lowest BCUT2D eigenvalue weighted by atomic mass is 10.2. The Labute approximate surface area is 90.3 Å². The molecule has 0 radical (unpaired) electrons. The number of halogens is 1. The fourth-order valence-electron chi connectivity index (χ4n) is 1.36. The highest BCUT2D eigenvalue weighted by atomic mass is 35.5. The summed E-state index contributed by atoms with van der Waals surface area (Å²) in [6, 6.07) is 0. The van der Waals surface area contributed by atoms with E-state index in [1.165, 1.54) is 6.20 Å². The Kier molecular flexibility index (Phi) is 2.18. The molecule has 0 aliphatic rings. The number of nitrogens with one attached hydrogen (secondary N) is 1. The second-order valence-corrected chi connectivity index (χ2v) is 3.34. The number of rotatable bonds is 0. The number of nitrogens with zero attached hydrogens (tertiary/aromatic N) is 2. The molecule has 0 unspecified atom stereocenters. The van der Waals surface area contributed by atoms with Gasteiger partial charge in [-0.05, 0) is 6.92 Å². The zero-order valence-electron chi connectivity index (χ0n) is 7.84. The summed E-state index contributed by atoms with van der Waals surface area (Å²) in [5.74, 6) is 2.86. The highest BCUT2D eigenvalue weighted by molar-refractivity contribution is 6.31. The number of H-pyrrole nitrogens is 1. The summed E-state index contributed by atoms with van der Waals surface area (Å²) in [5, 5.41) is 0.448. The van der Waals surface area contributed by atoms with Gasteiger partial charge in [0.25, 0.3) is 5.56 Å². The Morgan fingerprint density at radius 2 is 2.33 bits per heavy atom. The molecule has 0 saturated carbocycles. The van der Waals surface area contributed by atoms with E-state index >= 15 is 0 Å². The van der Waals surface area contributed by atoms with Crippen LogP contribution in [-0.2, 0) is 0 Å². The summed E-state index contributed by atoms with van der Waals surface area (Å²) in [4.78, 5) is 22.2. The van der Waals surface area contributed by atoms with Crippen molar-refractivity contribution in [3.05, 3.63) is 33.1 Å². The predicted octanol–water partition coefficient (Wildman–Crippen LogP) is 1.26. The van der Waals surface area contributed by atoms with Gasteiger partial charge in [-0.25, -0.2) is 9.97 Å². The first-order chi connectivity index (χ1) is 7.13. The van der Waals surface area contributed by atoms with Crippen LogP contribution in [0.25, 0.3) is 10.9 Å². The van der Waals surface area contributed by atoms with E-state index in [0.717, 1.165) is 0 Å². The molecular weight excluding hydrogens is 214 g/mol. The minimum Gasteiger partial charge on any atom is -0.310 e. The van der Waals surface area contributed by atoms with Crippen LogP contribution in [0.5, 0.6) is 0 Å². The third kappa shape index (κ3) is 1.47. The van der Waals surface area contributed by atoms with Crippen molar-refractivity contribution in [2.75, 3.05) is 0 Å². The quantitative estimate of drug-likeness (QED) is 0.536. The first-order valence-electron chi connectivity index (χ1n) is 4.15. The third-order valence-electron chi connectivity index (χ3n) is 1.97. The van der Waals surface area contributed by atoms with E-state index in [9.17, 15) is 4.79 Å². The van der Waals surface area contributed by atoms with Gasteiger partial charge in [-0.3, -0.25) is 4.79 Å². The van der Waals surface area contributed by atoms with Crippen LogP contribution in [0, 0.1) is 19.3 Å². The van der Waals surface area contributed by atoms with Crippen molar-refractivity contribution in [1.82, 2.24) is 15.0 Å². The van der Waals surface area contributed by atoms with E-state index in [4.69, 9.17) is 18.0 Å². The van der Waals surface area contributed by atoms with Gasteiger partial charge in [0.1, 0.15) is 11.0 Å². The molecule has 4 nitrogen and oxygen atoms in total. The summed E-state index contributed by atoms with van der Waals surface area (Å²) in [6.07, 6.45) is 6.70. The molecule has 0 fully saturated rings. The number of hydrogen-bond acceptors (Lipinski definition) is 3. The van der Waals surface area contributed by atoms with Gasteiger partial charge in [0.05, 0.1) is 22.7 Å². The lowest BCUT2D eigenvalue weighted by Crippen LogP contribution is -2.11. The Morgan fingerprint density at radius 3 is 3.00 bits per heavy atom. The van der Waals surface area contributed by atoms with E-state index in [1.54, 1.807) is 6.92 Å². The molecule has 0 spiro atoms. The van der Waals surface area contributed by atoms with Crippen molar-refractivity contribution in [2.45, 2.75) is 6.92 Å². The molecule has 5 heteroatoms. The molecule has 0 aliphatic carbocycles. The van der Waals surface area contributed by atoms with Gasteiger partial charge < -0.3 is 4.98 Å². The van der Waals surface area contributed by atoms with Crippen LogP contribution in [0.4, 0.5) is 0 Å². The molecular formula is C10H6ClN3O. The molecule has 0 saturated heterocycles. The minimum atomic E-state index is -0.297. The van der Waals surface area contributed by atoms with Crippen LogP contribution in [-0.4, -0.2) is 15.0 Å². The predicted molar refractivity (Wildman–Crippen MR) is 57.8 cm³/mol. The lowest BCUT2D eigenvalue weighted by Gasteiger charge is -2.01. The molecule has 15 heavy (non-hydrogen) atoms. The maximum absolute atomic E-state index is 11.7.